The van der Waals surface area contributed by atoms with E-state index in [-0.39, 0.29) is 5.91 Å². The van der Waals surface area contributed by atoms with Gasteiger partial charge in [-0.05, 0) is 25.0 Å². The molecule has 0 unspecified atom stereocenters. The van der Waals surface area contributed by atoms with E-state index in [2.05, 4.69) is 24.1 Å². The molecule has 0 bridgehead atoms. The number of aromatic nitrogens is 1. The van der Waals surface area contributed by atoms with Crippen LogP contribution >= 0.6 is 0 Å². The molecule has 112 valence electrons. The Morgan fingerprint density at radius 3 is 2.85 bits per heavy atom. The van der Waals surface area contributed by atoms with Crippen LogP contribution in [0.15, 0.2) is 18.3 Å². The van der Waals surface area contributed by atoms with E-state index < -0.39 is 0 Å². The summed E-state index contributed by atoms with van der Waals surface area (Å²) in [6.07, 6.45) is 1.66. The normalized spacial score (nSPS) is 10.7. The van der Waals surface area contributed by atoms with Gasteiger partial charge < -0.3 is 15.0 Å². The number of nitrogens with zero attached hydrogens (tertiary/aromatic N) is 2. The molecule has 0 aliphatic heterocycles. The summed E-state index contributed by atoms with van der Waals surface area (Å²) < 4.78 is 5.08. The zero-order chi connectivity index (χ0) is 15.0. The molecule has 5 heteroatoms. The van der Waals surface area contributed by atoms with Gasteiger partial charge >= 0.3 is 0 Å². The lowest BCUT2D eigenvalue weighted by Crippen LogP contribution is -2.37. The summed E-state index contributed by atoms with van der Waals surface area (Å²) >= 11 is 0. The SMILES string of the molecule is CCNc1ccnc(C(=O)N(CCOC)CC(C)C)c1. The second-order valence-electron chi connectivity index (χ2n) is 5.10. The highest BCUT2D eigenvalue weighted by molar-refractivity contribution is 5.93. The summed E-state index contributed by atoms with van der Waals surface area (Å²) in [5.41, 5.74) is 1.39. The molecule has 0 radical (unpaired) electrons. The van der Waals surface area contributed by atoms with Crippen molar-refractivity contribution in [3.8, 4) is 0 Å². The lowest BCUT2D eigenvalue weighted by atomic mass is 10.2. The predicted octanol–water partition coefficient (Wildman–Crippen LogP) is 2.26. The van der Waals surface area contributed by atoms with Gasteiger partial charge in [0.2, 0.25) is 0 Å². The molecule has 0 atom stereocenters. The molecule has 1 heterocycles. The smallest absolute Gasteiger partial charge is 0.272 e. The topological polar surface area (TPSA) is 54.5 Å². The Balaban J connectivity index is 2.84. The molecule has 0 aliphatic carbocycles. The van der Waals surface area contributed by atoms with E-state index in [1.807, 2.05) is 13.0 Å². The summed E-state index contributed by atoms with van der Waals surface area (Å²) in [5, 5.41) is 3.19. The Morgan fingerprint density at radius 1 is 1.50 bits per heavy atom. The van der Waals surface area contributed by atoms with E-state index in [0.29, 0.717) is 31.3 Å². The molecular weight excluding hydrogens is 254 g/mol. The summed E-state index contributed by atoms with van der Waals surface area (Å²) in [4.78, 5) is 18.5. The third kappa shape index (κ3) is 5.17. The van der Waals surface area contributed by atoms with Gasteiger partial charge in [-0.3, -0.25) is 9.78 Å². The van der Waals surface area contributed by atoms with Gasteiger partial charge in [-0.25, -0.2) is 0 Å². The summed E-state index contributed by atoms with van der Waals surface area (Å²) in [6, 6.07) is 3.66. The van der Waals surface area contributed by atoms with Gasteiger partial charge in [0, 0.05) is 38.6 Å². The number of hydrogen-bond acceptors (Lipinski definition) is 4. The quantitative estimate of drug-likeness (QED) is 0.793. The fraction of sp³-hybridized carbons (Fsp3) is 0.600. The van der Waals surface area contributed by atoms with Crippen molar-refractivity contribution in [2.45, 2.75) is 20.8 Å². The molecule has 0 saturated heterocycles. The van der Waals surface area contributed by atoms with Crippen LogP contribution in [0.1, 0.15) is 31.3 Å². The number of ether oxygens (including phenoxy) is 1. The van der Waals surface area contributed by atoms with Crippen molar-refractivity contribution in [3.05, 3.63) is 24.0 Å². The third-order valence-corrected chi connectivity index (χ3v) is 2.80. The van der Waals surface area contributed by atoms with Crippen LogP contribution in [0.5, 0.6) is 0 Å². The lowest BCUT2D eigenvalue weighted by Gasteiger charge is -2.24. The van der Waals surface area contributed by atoms with E-state index in [9.17, 15) is 4.79 Å². The largest absolute Gasteiger partial charge is 0.385 e. The van der Waals surface area contributed by atoms with Crippen LogP contribution in [-0.2, 0) is 4.74 Å². The molecule has 0 fully saturated rings. The van der Waals surface area contributed by atoms with E-state index >= 15 is 0 Å². The highest BCUT2D eigenvalue weighted by Crippen LogP contribution is 2.11. The van der Waals surface area contributed by atoms with Gasteiger partial charge in [0.15, 0.2) is 0 Å². The minimum atomic E-state index is -0.0458. The van der Waals surface area contributed by atoms with E-state index in [1.165, 1.54) is 0 Å². The zero-order valence-corrected chi connectivity index (χ0v) is 12.8. The van der Waals surface area contributed by atoms with Crippen molar-refractivity contribution in [2.75, 3.05) is 38.7 Å². The van der Waals surface area contributed by atoms with Gasteiger partial charge in [0.05, 0.1) is 6.61 Å². The maximum Gasteiger partial charge on any atom is 0.272 e. The highest BCUT2D eigenvalue weighted by atomic mass is 16.5. The van der Waals surface area contributed by atoms with E-state index in [0.717, 1.165) is 12.2 Å². The van der Waals surface area contributed by atoms with Crippen LogP contribution in [0.4, 0.5) is 5.69 Å². The third-order valence-electron chi connectivity index (χ3n) is 2.80. The first-order valence-corrected chi connectivity index (χ1v) is 7.06. The maximum atomic E-state index is 12.5. The van der Waals surface area contributed by atoms with Crippen LogP contribution in [0.2, 0.25) is 0 Å². The average Bonchev–Trinajstić information content (AvgIpc) is 2.43. The van der Waals surface area contributed by atoms with Crippen molar-refractivity contribution >= 4 is 11.6 Å². The Bertz CT molecular complexity index is 421. The number of carbonyl (C=O) groups excluding carboxylic acids is 1. The number of nitrogens with one attached hydrogen (secondary N) is 1. The molecule has 0 spiro atoms. The molecule has 20 heavy (non-hydrogen) atoms. The Labute approximate surface area is 121 Å². The predicted molar refractivity (Wildman–Crippen MR) is 81.0 cm³/mol. The van der Waals surface area contributed by atoms with Crippen molar-refractivity contribution in [1.29, 1.82) is 0 Å². The van der Waals surface area contributed by atoms with Crippen LogP contribution in [0.25, 0.3) is 0 Å². The molecule has 0 saturated carbocycles. The minimum absolute atomic E-state index is 0.0458. The number of methoxy groups -OCH3 is 1. The van der Waals surface area contributed by atoms with Crippen molar-refractivity contribution in [1.82, 2.24) is 9.88 Å². The van der Waals surface area contributed by atoms with Crippen LogP contribution in [0, 0.1) is 5.92 Å². The van der Waals surface area contributed by atoms with Crippen molar-refractivity contribution in [2.24, 2.45) is 5.92 Å². The maximum absolute atomic E-state index is 12.5. The second-order valence-corrected chi connectivity index (χ2v) is 5.10. The monoisotopic (exact) mass is 279 g/mol. The molecule has 5 nitrogen and oxygen atoms in total. The van der Waals surface area contributed by atoms with Crippen LogP contribution in [0.3, 0.4) is 0 Å². The Morgan fingerprint density at radius 2 is 2.25 bits per heavy atom. The van der Waals surface area contributed by atoms with Gasteiger partial charge in [-0.15, -0.1) is 0 Å². The molecule has 1 rings (SSSR count). The number of carbonyl (C=O) groups is 1. The molecule has 1 amide bonds. The first kappa shape index (κ1) is 16.4. The van der Waals surface area contributed by atoms with Gasteiger partial charge in [-0.2, -0.15) is 0 Å². The zero-order valence-electron chi connectivity index (χ0n) is 12.8. The lowest BCUT2D eigenvalue weighted by molar-refractivity contribution is 0.0666. The van der Waals surface area contributed by atoms with Gasteiger partial charge in [0.25, 0.3) is 5.91 Å². The number of rotatable bonds is 8. The Kier molecular flexibility index (Phi) is 7.01. The van der Waals surface area contributed by atoms with Crippen LogP contribution < -0.4 is 5.32 Å². The highest BCUT2D eigenvalue weighted by Gasteiger charge is 2.18. The molecule has 1 N–H and O–H groups in total. The number of pyridine rings is 1. The fourth-order valence-electron chi connectivity index (χ4n) is 1.94. The summed E-state index contributed by atoms with van der Waals surface area (Å²) in [7, 11) is 1.64. The van der Waals surface area contributed by atoms with Gasteiger partial charge in [-0.1, -0.05) is 13.8 Å². The first-order valence-electron chi connectivity index (χ1n) is 7.06. The molecular formula is C15H25N3O2. The summed E-state index contributed by atoms with van der Waals surface area (Å²) in [6.45, 7) is 8.84. The van der Waals surface area contributed by atoms with Gasteiger partial charge in [0.1, 0.15) is 5.69 Å². The number of anilines is 1. The van der Waals surface area contributed by atoms with E-state index in [4.69, 9.17) is 4.74 Å². The van der Waals surface area contributed by atoms with Crippen molar-refractivity contribution in [3.63, 3.8) is 0 Å². The first-order chi connectivity index (χ1) is 9.58. The minimum Gasteiger partial charge on any atom is -0.385 e. The van der Waals surface area contributed by atoms with Crippen molar-refractivity contribution < 1.29 is 9.53 Å². The number of hydrogen-bond donors (Lipinski definition) is 1. The average molecular weight is 279 g/mol. The van der Waals surface area contributed by atoms with Crippen LogP contribution in [-0.4, -0.2) is 49.1 Å². The summed E-state index contributed by atoms with van der Waals surface area (Å²) in [5.74, 6) is 0.364. The fourth-order valence-corrected chi connectivity index (χ4v) is 1.94. The Hall–Kier alpha value is -1.62. The molecule has 1 aromatic heterocycles. The second kappa shape index (κ2) is 8.53. The number of amides is 1. The van der Waals surface area contributed by atoms with E-state index in [1.54, 1.807) is 24.3 Å². The molecule has 0 aliphatic rings. The molecule has 0 aromatic carbocycles. The standard InChI is InChI=1S/C15H25N3O2/c1-5-16-13-6-7-17-14(10-13)15(19)18(8-9-20-4)11-12(2)3/h6-7,10,12H,5,8-9,11H2,1-4H3,(H,16,17). The molecule has 1 aromatic rings.